The van der Waals surface area contributed by atoms with Crippen LogP contribution in [0.15, 0.2) is 170 Å². The number of benzene rings is 7. The van der Waals surface area contributed by atoms with Gasteiger partial charge in [-0.25, -0.2) is 0 Å². The average molecular weight is 585 g/mol. The van der Waals surface area contributed by atoms with E-state index in [4.69, 9.17) is 0 Å². The maximum absolute atomic E-state index is 4.55. The predicted molar refractivity (Wildman–Crippen MR) is 194 cm³/mol. The highest BCUT2D eigenvalue weighted by molar-refractivity contribution is 6.22. The number of nitrogens with zero attached hydrogens (tertiary/aromatic N) is 2. The van der Waals surface area contributed by atoms with Crippen LogP contribution >= 0.6 is 0 Å². The summed E-state index contributed by atoms with van der Waals surface area (Å²) >= 11 is 0. The molecule has 0 saturated carbocycles. The molecule has 2 aromatic heterocycles. The monoisotopic (exact) mass is 584 g/mol. The van der Waals surface area contributed by atoms with Crippen molar-refractivity contribution in [2.45, 2.75) is 0 Å². The van der Waals surface area contributed by atoms with Crippen LogP contribution in [0.25, 0.3) is 87.9 Å². The zero-order valence-electron chi connectivity index (χ0n) is 25.1. The minimum Gasteiger partial charge on any atom is -0.256 e. The van der Waals surface area contributed by atoms with Gasteiger partial charge < -0.3 is 0 Å². The molecule has 0 amide bonds. The van der Waals surface area contributed by atoms with Gasteiger partial charge in [-0.2, -0.15) is 0 Å². The molecule has 2 heteroatoms. The Kier molecular flexibility index (Phi) is 6.17. The Hall–Kier alpha value is -6.12. The van der Waals surface area contributed by atoms with E-state index in [0.717, 1.165) is 22.5 Å². The van der Waals surface area contributed by atoms with E-state index < -0.39 is 0 Å². The van der Waals surface area contributed by atoms with Gasteiger partial charge in [-0.05, 0) is 114 Å². The highest BCUT2D eigenvalue weighted by Crippen LogP contribution is 2.44. The van der Waals surface area contributed by atoms with E-state index in [-0.39, 0.29) is 0 Å². The molecule has 9 rings (SSSR count). The van der Waals surface area contributed by atoms with E-state index in [1.165, 1.54) is 65.3 Å². The molecule has 2 heterocycles. The van der Waals surface area contributed by atoms with Gasteiger partial charge in [0.2, 0.25) is 0 Å². The number of hydrogen-bond acceptors (Lipinski definition) is 2. The van der Waals surface area contributed by atoms with Crippen LogP contribution in [0, 0.1) is 0 Å². The van der Waals surface area contributed by atoms with Crippen LogP contribution in [0.2, 0.25) is 0 Å². The van der Waals surface area contributed by atoms with Crippen molar-refractivity contribution in [1.82, 2.24) is 9.97 Å². The second kappa shape index (κ2) is 10.8. The zero-order valence-corrected chi connectivity index (χ0v) is 25.1. The van der Waals surface area contributed by atoms with Crippen molar-refractivity contribution < 1.29 is 0 Å². The molecule has 0 aliphatic carbocycles. The minimum atomic E-state index is 0.989. The van der Waals surface area contributed by atoms with Crippen LogP contribution in [0.4, 0.5) is 0 Å². The van der Waals surface area contributed by atoms with Gasteiger partial charge in [-0.1, -0.05) is 109 Å². The maximum atomic E-state index is 4.55. The fourth-order valence-electron chi connectivity index (χ4n) is 6.94. The van der Waals surface area contributed by atoms with Gasteiger partial charge in [0.25, 0.3) is 0 Å². The molecule has 0 atom stereocenters. The smallest absolute Gasteiger partial charge is 0.0702 e. The predicted octanol–water partition coefficient (Wildman–Crippen LogP) is 11.8. The molecule has 0 bridgehead atoms. The highest BCUT2D eigenvalue weighted by Gasteiger charge is 2.17. The number of pyridine rings is 2. The Labute approximate surface area is 267 Å². The molecule has 0 fully saturated rings. The summed E-state index contributed by atoms with van der Waals surface area (Å²) in [5, 5.41) is 9.87. The molecule has 0 aliphatic heterocycles. The normalized spacial score (nSPS) is 11.5. The van der Waals surface area contributed by atoms with E-state index in [1.54, 1.807) is 0 Å². The molecule has 214 valence electrons. The largest absolute Gasteiger partial charge is 0.256 e. The first-order valence-electron chi connectivity index (χ1n) is 15.6. The van der Waals surface area contributed by atoms with E-state index in [2.05, 4.69) is 143 Å². The van der Waals surface area contributed by atoms with E-state index in [1.807, 2.05) is 36.7 Å². The topological polar surface area (TPSA) is 25.8 Å². The Morgan fingerprint density at radius 3 is 0.957 bits per heavy atom. The lowest BCUT2D eigenvalue weighted by molar-refractivity contribution is 1.33. The van der Waals surface area contributed by atoms with Gasteiger partial charge in [-0.3, -0.25) is 9.97 Å². The minimum absolute atomic E-state index is 0.989. The summed E-state index contributed by atoms with van der Waals surface area (Å²) in [6.45, 7) is 0. The van der Waals surface area contributed by atoms with Crippen molar-refractivity contribution in [3.05, 3.63) is 170 Å². The van der Waals surface area contributed by atoms with Gasteiger partial charge >= 0.3 is 0 Å². The van der Waals surface area contributed by atoms with Gasteiger partial charge in [0, 0.05) is 23.5 Å². The molecule has 0 spiro atoms. The number of rotatable bonds is 4. The van der Waals surface area contributed by atoms with Gasteiger partial charge in [0.1, 0.15) is 0 Å². The summed E-state index contributed by atoms with van der Waals surface area (Å²) < 4.78 is 0. The molecule has 0 saturated heterocycles. The van der Waals surface area contributed by atoms with Crippen LogP contribution in [0.3, 0.4) is 0 Å². The van der Waals surface area contributed by atoms with Crippen LogP contribution in [0.5, 0.6) is 0 Å². The summed E-state index contributed by atoms with van der Waals surface area (Å²) in [7, 11) is 0. The van der Waals surface area contributed by atoms with Crippen molar-refractivity contribution in [2.24, 2.45) is 0 Å². The fraction of sp³-hybridized carbons (Fsp3) is 0. The summed E-state index contributed by atoms with van der Waals surface area (Å²) in [4.78, 5) is 9.11. The van der Waals surface area contributed by atoms with Gasteiger partial charge in [0.05, 0.1) is 11.4 Å². The molecule has 0 radical (unpaired) electrons. The third-order valence-electron chi connectivity index (χ3n) is 9.11. The quantitative estimate of drug-likeness (QED) is 0.192. The lowest BCUT2D eigenvalue weighted by Crippen LogP contribution is -1.91. The zero-order chi connectivity index (χ0) is 30.5. The lowest BCUT2D eigenvalue weighted by atomic mass is 9.85. The third kappa shape index (κ3) is 4.43. The first kappa shape index (κ1) is 26.3. The summed E-state index contributed by atoms with van der Waals surface area (Å²) in [6, 6.07) is 56.8. The Morgan fingerprint density at radius 1 is 0.283 bits per heavy atom. The van der Waals surface area contributed by atoms with Crippen LogP contribution in [-0.2, 0) is 0 Å². The fourth-order valence-corrected chi connectivity index (χ4v) is 6.94. The molecular formula is C44H28N2. The van der Waals surface area contributed by atoms with Crippen molar-refractivity contribution in [3.8, 4) is 44.8 Å². The maximum Gasteiger partial charge on any atom is 0.0702 e. The molecule has 9 aromatic rings. The molecule has 2 nitrogen and oxygen atoms in total. The molecule has 0 unspecified atom stereocenters. The second-order valence-corrected chi connectivity index (χ2v) is 11.8. The van der Waals surface area contributed by atoms with Crippen molar-refractivity contribution in [2.75, 3.05) is 0 Å². The van der Waals surface area contributed by atoms with E-state index >= 15 is 0 Å². The van der Waals surface area contributed by atoms with Crippen LogP contribution in [0.1, 0.15) is 0 Å². The van der Waals surface area contributed by atoms with Crippen LogP contribution < -0.4 is 0 Å². The number of hydrogen-bond donors (Lipinski definition) is 0. The second-order valence-electron chi connectivity index (χ2n) is 11.8. The van der Waals surface area contributed by atoms with Crippen molar-refractivity contribution >= 4 is 43.1 Å². The Bertz CT molecular complexity index is 2330. The lowest BCUT2D eigenvalue weighted by Gasteiger charge is -2.18. The number of fused-ring (bicyclic) bond motifs is 4. The van der Waals surface area contributed by atoms with E-state index in [9.17, 15) is 0 Å². The molecule has 0 N–H and O–H groups in total. The standard InChI is InChI=1S/C44H28N2/c1-2-10-38-37(9-1)43(35-21-17-29-25-33(19-15-31(29)27-35)41-13-5-7-23-45-41)39-11-3-4-12-40(39)44(38)36-22-18-30-26-34(20-16-32(30)28-36)42-14-6-8-24-46-42/h1-28H. The summed E-state index contributed by atoms with van der Waals surface area (Å²) in [6.07, 6.45) is 3.69. The molecule has 7 aromatic carbocycles. The highest BCUT2D eigenvalue weighted by atomic mass is 14.7. The van der Waals surface area contributed by atoms with Crippen molar-refractivity contribution in [3.63, 3.8) is 0 Å². The van der Waals surface area contributed by atoms with Crippen LogP contribution in [-0.4, -0.2) is 9.97 Å². The third-order valence-corrected chi connectivity index (χ3v) is 9.11. The summed E-state index contributed by atoms with van der Waals surface area (Å²) in [5.74, 6) is 0. The molecule has 46 heavy (non-hydrogen) atoms. The van der Waals surface area contributed by atoms with E-state index in [0.29, 0.717) is 0 Å². The van der Waals surface area contributed by atoms with Crippen molar-refractivity contribution in [1.29, 1.82) is 0 Å². The Balaban J connectivity index is 1.22. The summed E-state index contributed by atoms with van der Waals surface area (Å²) in [5.41, 5.74) is 9.22. The number of aromatic nitrogens is 2. The molecule has 0 aliphatic rings. The Morgan fingerprint density at radius 2 is 0.609 bits per heavy atom. The average Bonchev–Trinajstić information content (AvgIpc) is 3.13. The first-order chi connectivity index (χ1) is 22.8. The first-order valence-corrected chi connectivity index (χ1v) is 15.6. The SMILES string of the molecule is c1ccc(-c2ccc3cc(-c4c5ccccc5c(-c5ccc6cc(-c7ccccn7)ccc6c5)c5ccccc45)ccc3c2)nc1. The van der Waals surface area contributed by atoms with Gasteiger partial charge in [-0.15, -0.1) is 0 Å². The molecular weight excluding hydrogens is 556 g/mol. The van der Waals surface area contributed by atoms with Gasteiger partial charge in [0.15, 0.2) is 0 Å².